The zero-order valence-electron chi connectivity index (χ0n) is 16.8. The van der Waals surface area contributed by atoms with Gasteiger partial charge in [0, 0.05) is 31.5 Å². The molecule has 7 heteroatoms. The van der Waals surface area contributed by atoms with Crippen molar-refractivity contribution in [3.05, 3.63) is 78.5 Å². The maximum absolute atomic E-state index is 13.0. The molecule has 1 amide bonds. The number of carbonyl (C=O) groups is 1. The van der Waals surface area contributed by atoms with Gasteiger partial charge < -0.3 is 9.88 Å². The Morgan fingerprint density at radius 3 is 2.48 bits per heavy atom. The smallest absolute Gasteiger partial charge is 0.268 e. The molecular formula is C22H25N3O3S. The van der Waals surface area contributed by atoms with Crippen LogP contribution in [-0.4, -0.2) is 37.3 Å². The number of nitrogens with zero attached hydrogens (tertiary/aromatic N) is 2. The molecule has 1 N–H and O–H groups in total. The lowest BCUT2D eigenvalue weighted by atomic mass is 10.1. The number of benzene rings is 2. The summed E-state index contributed by atoms with van der Waals surface area (Å²) in [5, 5.41) is 3.70. The summed E-state index contributed by atoms with van der Waals surface area (Å²) in [5.41, 5.74) is 2.24. The molecule has 29 heavy (non-hydrogen) atoms. The van der Waals surface area contributed by atoms with Crippen molar-refractivity contribution in [2.45, 2.75) is 24.4 Å². The van der Waals surface area contributed by atoms with Crippen molar-refractivity contribution in [2.24, 2.45) is 0 Å². The predicted octanol–water partition coefficient (Wildman–Crippen LogP) is 3.57. The molecule has 0 radical (unpaired) electrons. The summed E-state index contributed by atoms with van der Waals surface area (Å²) in [5.74, 6) is -0.226. The Bertz CT molecular complexity index is 1150. The van der Waals surface area contributed by atoms with Gasteiger partial charge in [0.15, 0.2) is 0 Å². The highest BCUT2D eigenvalue weighted by atomic mass is 32.2. The van der Waals surface area contributed by atoms with Crippen molar-refractivity contribution < 1.29 is 13.2 Å². The molecule has 0 saturated carbocycles. The largest absolute Gasteiger partial charge is 0.344 e. The number of allylic oxidation sites excluding steroid dienone is 1. The van der Waals surface area contributed by atoms with Gasteiger partial charge in [0.2, 0.25) is 10.0 Å². The van der Waals surface area contributed by atoms with Crippen LogP contribution in [0.4, 0.5) is 0 Å². The van der Waals surface area contributed by atoms with Crippen LogP contribution in [0.25, 0.3) is 10.9 Å². The minimum atomic E-state index is -3.56. The Balaban J connectivity index is 2.01. The fraction of sp³-hybridized carbons (Fsp3) is 0.227. The molecule has 0 bridgehead atoms. The number of amides is 1. The Hall–Kier alpha value is -2.90. The van der Waals surface area contributed by atoms with E-state index in [4.69, 9.17) is 0 Å². The molecule has 152 valence electrons. The molecule has 2 aromatic carbocycles. The maximum atomic E-state index is 13.0. The molecule has 0 spiro atoms. The summed E-state index contributed by atoms with van der Waals surface area (Å²) >= 11 is 0. The second-order valence-electron chi connectivity index (χ2n) is 7.04. The summed E-state index contributed by atoms with van der Waals surface area (Å²) in [6.07, 6.45) is 1.71. The van der Waals surface area contributed by atoms with Crippen molar-refractivity contribution in [1.82, 2.24) is 14.2 Å². The predicted molar refractivity (Wildman–Crippen MR) is 115 cm³/mol. The number of sulfonamides is 1. The second kappa shape index (κ2) is 8.23. The zero-order valence-corrected chi connectivity index (χ0v) is 17.6. The summed E-state index contributed by atoms with van der Waals surface area (Å²) in [6, 6.07) is 16.2. The van der Waals surface area contributed by atoms with E-state index in [0.29, 0.717) is 17.6 Å². The lowest BCUT2D eigenvalue weighted by Crippen LogP contribution is -2.28. The van der Waals surface area contributed by atoms with Gasteiger partial charge in [-0.1, -0.05) is 36.4 Å². The number of aromatic nitrogens is 1. The minimum absolute atomic E-state index is 0.163. The van der Waals surface area contributed by atoms with E-state index in [-0.39, 0.29) is 16.8 Å². The van der Waals surface area contributed by atoms with E-state index in [1.54, 1.807) is 30.3 Å². The van der Waals surface area contributed by atoms with Crippen LogP contribution in [-0.2, 0) is 16.6 Å². The SMILES string of the molecule is C=CCn1c(C(=O)NC(C)c2ccccc2)cc2cc(S(=O)(=O)N(C)C)ccc21. The van der Waals surface area contributed by atoms with E-state index in [0.717, 1.165) is 11.1 Å². The highest BCUT2D eigenvalue weighted by Crippen LogP contribution is 2.25. The third-order valence-corrected chi connectivity index (χ3v) is 6.65. The summed E-state index contributed by atoms with van der Waals surface area (Å²) in [7, 11) is -0.572. The lowest BCUT2D eigenvalue weighted by molar-refractivity contribution is 0.0931. The molecule has 0 saturated heterocycles. The Labute approximate surface area is 171 Å². The van der Waals surface area contributed by atoms with Gasteiger partial charge in [-0.3, -0.25) is 4.79 Å². The standard InChI is InChI=1S/C22H25N3O3S/c1-5-13-25-20-12-11-19(29(27,28)24(3)4)14-18(20)15-21(25)22(26)23-16(2)17-9-7-6-8-10-17/h5-12,14-16H,1,13H2,2-4H3,(H,23,26). The zero-order chi connectivity index (χ0) is 21.2. The molecule has 1 heterocycles. The van der Waals surface area contributed by atoms with Crippen LogP contribution in [0.2, 0.25) is 0 Å². The van der Waals surface area contributed by atoms with Crippen LogP contribution in [0, 0.1) is 0 Å². The normalized spacial score (nSPS) is 12.8. The van der Waals surface area contributed by atoms with Crippen molar-refractivity contribution in [2.75, 3.05) is 14.1 Å². The van der Waals surface area contributed by atoms with Gasteiger partial charge in [-0.25, -0.2) is 12.7 Å². The Kier molecular flexibility index (Phi) is 5.91. The van der Waals surface area contributed by atoms with Crippen LogP contribution < -0.4 is 5.32 Å². The molecule has 6 nitrogen and oxygen atoms in total. The summed E-state index contributed by atoms with van der Waals surface area (Å²) in [6.45, 7) is 6.14. The van der Waals surface area contributed by atoms with Crippen molar-refractivity contribution in [1.29, 1.82) is 0 Å². The third kappa shape index (κ3) is 4.11. The van der Waals surface area contributed by atoms with Gasteiger partial charge in [-0.05, 0) is 36.8 Å². The van der Waals surface area contributed by atoms with Crippen LogP contribution >= 0.6 is 0 Å². The lowest BCUT2D eigenvalue weighted by Gasteiger charge is -2.15. The summed E-state index contributed by atoms with van der Waals surface area (Å²) < 4.78 is 27.9. The van der Waals surface area contributed by atoms with Gasteiger partial charge in [-0.2, -0.15) is 0 Å². The van der Waals surface area contributed by atoms with Crippen molar-refractivity contribution in [3.63, 3.8) is 0 Å². The van der Waals surface area contributed by atoms with E-state index >= 15 is 0 Å². The molecule has 1 atom stereocenters. The monoisotopic (exact) mass is 411 g/mol. The highest BCUT2D eigenvalue weighted by molar-refractivity contribution is 7.89. The highest BCUT2D eigenvalue weighted by Gasteiger charge is 2.21. The topological polar surface area (TPSA) is 71.4 Å². The summed E-state index contributed by atoms with van der Waals surface area (Å²) in [4.78, 5) is 13.2. The molecule has 3 rings (SSSR count). The average molecular weight is 412 g/mol. The van der Waals surface area contributed by atoms with Gasteiger partial charge in [0.05, 0.1) is 10.9 Å². The number of hydrogen-bond acceptors (Lipinski definition) is 3. The van der Waals surface area contributed by atoms with Gasteiger partial charge >= 0.3 is 0 Å². The van der Waals surface area contributed by atoms with Crippen molar-refractivity contribution >= 4 is 26.8 Å². The molecule has 1 aromatic heterocycles. The second-order valence-corrected chi connectivity index (χ2v) is 9.19. The molecule has 0 fully saturated rings. The first kappa shape index (κ1) is 20.8. The molecule has 1 unspecified atom stereocenters. The average Bonchev–Trinajstić information content (AvgIpc) is 3.06. The quantitative estimate of drug-likeness (QED) is 0.604. The van der Waals surface area contributed by atoms with Gasteiger partial charge in [0.1, 0.15) is 5.69 Å². The first-order valence-electron chi connectivity index (χ1n) is 9.28. The minimum Gasteiger partial charge on any atom is -0.344 e. The maximum Gasteiger partial charge on any atom is 0.268 e. The Morgan fingerprint density at radius 1 is 1.17 bits per heavy atom. The molecular weight excluding hydrogens is 386 g/mol. The molecule has 0 aliphatic rings. The molecule has 0 aliphatic heterocycles. The van der Waals surface area contributed by atoms with Gasteiger partial charge in [-0.15, -0.1) is 6.58 Å². The number of hydrogen-bond donors (Lipinski definition) is 1. The van der Waals surface area contributed by atoms with Gasteiger partial charge in [0.25, 0.3) is 5.91 Å². The van der Waals surface area contributed by atoms with E-state index < -0.39 is 10.0 Å². The van der Waals surface area contributed by atoms with E-state index in [1.807, 2.05) is 41.8 Å². The van der Waals surface area contributed by atoms with E-state index in [2.05, 4.69) is 11.9 Å². The van der Waals surface area contributed by atoms with E-state index in [9.17, 15) is 13.2 Å². The molecule has 0 aliphatic carbocycles. The van der Waals surface area contributed by atoms with Crippen molar-refractivity contribution in [3.8, 4) is 0 Å². The third-order valence-electron chi connectivity index (χ3n) is 4.84. The number of rotatable bonds is 7. The fourth-order valence-corrected chi connectivity index (χ4v) is 4.17. The van der Waals surface area contributed by atoms with Crippen LogP contribution in [0.1, 0.15) is 29.0 Å². The van der Waals surface area contributed by atoms with Crippen LogP contribution in [0.5, 0.6) is 0 Å². The van der Waals surface area contributed by atoms with E-state index in [1.165, 1.54) is 18.4 Å². The molecule has 3 aromatic rings. The van der Waals surface area contributed by atoms with Crippen LogP contribution in [0.15, 0.2) is 72.1 Å². The van der Waals surface area contributed by atoms with Crippen LogP contribution in [0.3, 0.4) is 0 Å². The number of carbonyl (C=O) groups excluding carboxylic acids is 1. The number of nitrogens with one attached hydrogen (secondary N) is 1. The fourth-order valence-electron chi connectivity index (χ4n) is 3.23. The first-order valence-corrected chi connectivity index (χ1v) is 10.7. The number of fused-ring (bicyclic) bond motifs is 1. The first-order chi connectivity index (χ1) is 13.8. The Morgan fingerprint density at radius 2 is 1.86 bits per heavy atom.